The molecule has 2 aromatic heterocycles. The summed E-state index contributed by atoms with van der Waals surface area (Å²) in [5.74, 6) is 0. The average molecular weight is 438 g/mol. The van der Waals surface area contributed by atoms with Gasteiger partial charge in [-0.25, -0.2) is 8.42 Å². The van der Waals surface area contributed by atoms with Gasteiger partial charge >= 0.3 is 0 Å². The van der Waals surface area contributed by atoms with Gasteiger partial charge in [-0.3, -0.25) is 0 Å². The maximum Gasteiger partial charge on any atom is 0.243 e. The fourth-order valence-electron chi connectivity index (χ4n) is 4.19. The van der Waals surface area contributed by atoms with Crippen molar-refractivity contribution >= 4 is 26.6 Å². The van der Waals surface area contributed by atoms with Crippen LogP contribution in [0.3, 0.4) is 0 Å². The highest BCUT2D eigenvalue weighted by Gasteiger charge is 2.30. The zero-order valence-corrected chi connectivity index (χ0v) is 18.0. The molecule has 31 heavy (non-hydrogen) atoms. The van der Waals surface area contributed by atoms with Crippen LogP contribution in [-0.4, -0.2) is 52.0 Å². The van der Waals surface area contributed by atoms with Crippen molar-refractivity contribution in [3.8, 4) is 0 Å². The summed E-state index contributed by atoms with van der Waals surface area (Å²) >= 11 is 0. The van der Waals surface area contributed by atoms with Crippen LogP contribution in [0.4, 0.5) is 0 Å². The predicted octanol–water partition coefficient (Wildman–Crippen LogP) is 2.96. The highest BCUT2D eigenvalue weighted by Crippen LogP contribution is 2.26. The first-order valence-electron chi connectivity index (χ1n) is 10.3. The summed E-state index contributed by atoms with van der Waals surface area (Å²) < 4.78 is 36.0. The van der Waals surface area contributed by atoms with Crippen LogP contribution in [-0.2, 0) is 21.3 Å². The molecule has 0 amide bonds. The Balaban J connectivity index is 1.60. The van der Waals surface area contributed by atoms with Gasteiger partial charge in [0.15, 0.2) is 5.65 Å². The Morgan fingerprint density at radius 2 is 2.00 bits per heavy atom. The van der Waals surface area contributed by atoms with Gasteiger partial charge in [0.25, 0.3) is 0 Å². The van der Waals surface area contributed by atoms with Crippen LogP contribution in [0.2, 0.25) is 0 Å². The molecule has 0 bridgehead atoms. The summed E-state index contributed by atoms with van der Waals surface area (Å²) in [5, 5.41) is 13.2. The third-order valence-corrected chi connectivity index (χ3v) is 7.55. The lowest BCUT2D eigenvalue weighted by atomic mass is 10.1. The second-order valence-electron chi connectivity index (χ2n) is 7.84. The zero-order valence-electron chi connectivity index (χ0n) is 17.2. The van der Waals surface area contributed by atoms with Crippen molar-refractivity contribution in [2.45, 2.75) is 37.3 Å². The van der Waals surface area contributed by atoms with Gasteiger partial charge < -0.3 is 4.74 Å². The average Bonchev–Trinajstić information content (AvgIpc) is 3.46. The number of nitrogens with zero attached hydrogens (tertiary/aromatic N) is 5. The minimum Gasteiger partial charge on any atom is -0.377 e. The largest absolute Gasteiger partial charge is 0.377 e. The minimum atomic E-state index is -3.72. The highest BCUT2D eigenvalue weighted by molar-refractivity contribution is 7.89. The number of fused-ring (bicyclic) bond motifs is 3. The molecule has 1 saturated heterocycles. The van der Waals surface area contributed by atoms with Gasteiger partial charge in [0.2, 0.25) is 10.0 Å². The number of para-hydroxylation sites is 1. The zero-order chi connectivity index (χ0) is 21.4. The van der Waals surface area contributed by atoms with Crippen molar-refractivity contribution in [3.63, 3.8) is 0 Å². The molecule has 0 radical (unpaired) electrons. The van der Waals surface area contributed by atoms with Gasteiger partial charge in [0, 0.05) is 30.6 Å². The Labute approximate surface area is 180 Å². The van der Waals surface area contributed by atoms with Crippen LogP contribution in [0.25, 0.3) is 16.6 Å². The van der Waals surface area contributed by atoms with Crippen molar-refractivity contribution < 1.29 is 13.2 Å². The fourth-order valence-corrected chi connectivity index (χ4v) is 5.66. The van der Waals surface area contributed by atoms with Gasteiger partial charge in [-0.2, -0.15) is 8.82 Å². The van der Waals surface area contributed by atoms with E-state index in [0.29, 0.717) is 12.3 Å². The number of pyridine rings is 1. The van der Waals surface area contributed by atoms with E-state index >= 15 is 0 Å². The molecule has 3 heterocycles. The highest BCUT2D eigenvalue weighted by atomic mass is 32.2. The summed E-state index contributed by atoms with van der Waals surface area (Å²) in [4.78, 5) is 0.264. The molecule has 0 N–H and O–H groups in total. The summed E-state index contributed by atoms with van der Waals surface area (Å²) in [6.45, 7) is 3.12. The van der Waals surface area contributed by atoms with Crippen LogP contribution in [0.15, 0.2) is 59.5 Å². The Morgan fingerprint density at radius 1 is 1.16 bits per heavy atom. The number of benzene rings is 2. The van der Waals surface area contributed by atoms with E-state index in [0.717, 1.165) is 34.9 Å². The molecule has 0 saturated carbocycles. The molecule has 1 fully saturated rings. The van der Waals surface area contributed by atoms with Crippen molar-refractivity contribution in [1.82, 2.24) is 24.3 Å². The molecule has 9 heteroatoms. The molecular formula is C22H23N5O3S. The fraction of sp³-hybridized carbons (Fsp3) is 0.318. The van der Waals surface area contributed by atoms with Gasteiger partial charge in [-0.05, 0) is 54.0 Å². The van der Waals surface area contributed by atoms with Gasteiger partial charge in [0.1, 0.15) is 0 Å². The first-order valence-corrected chi connectivity index (χ1v) is 11.7. The molecule has 8 nitrogen and oxygen atoms in total. The quantitative estimate of drug-likeness (QED) is 0.461. The van der Waals surface area contributed by atoms with Gasteiger partial charge in [-0.15, -0.1) is 5.10 Å². The third-order valence-electron chi connectivity index (χ3n) is 5.73. The van der Waals surface area contributed by atoms with E-state index in [1.807, 2.05) is 31.2 Å². The van der Waals surface area contributed by atoms with E-state index in [1.54, 1.807) is 34.8 Å². The Morgan fingerprint density at radius 3 is 2.77 bits per heavy atom. The number of hydrogen-bond donors (Lipinski definition) is 0. The van der Waals surface area contributed by atoms with Crippen LogP contribution in [0.1, 0.15) is 24.0 Å². The Bertz CT molecular complexity index is 1330. The maximum atomic E-state index is 13.5. The number of aromatic nitrogens is 4. The lowest BCUT2D eigenvalue weighted by molar-refractivity contribution is 0.0926. The normalized spacial score (nSPS) is 17.2. The topological polar surface area (TPSA) is 89.7 Å². The first kappa shape index (κ1) is 20.0. The third kappa shape index (κ3) is 3.69. The molecule has 4 aromatic rings. The molecule has 160 valence electrons. The Hall–Kier alpha value is -2.88. The summed E-state index contributed by atoms with van der Waals surface area (Å²) in [7, 11) is -3.72. The number of aryl methyl sites for hydroxylation is 1. The lowest BCUT2D eigenvalue weighted by Crippen LogP contribution is -2.37. The standard InChI is InChI=1S/C22H23N5O3S/c1-16-7-5-8-17-13-18(22-23-24-25-27(22)21(16)17)14-26(15-19-9-6-12-30-19)31(28,29)20-10-3-2-4-11-20/h2-5,7-8,10-11,13,19H,6,9,12,14-15H2,1H3/t19-/m1/s1. The van der Waals surface area contributed by atoms with E-state index in [9.17, 15) is 8.42 Å². The van der Waals surface area contributed by atoms with Gasteiger partial charge in [-0.1, -0.05) is 36.4 Å². The van der Waals surface area contributed by atoms with E-state index < -0.39 is 10.0 Å². The van der Waals surface area contributed by atoms with Gasteiger partial charge in [0.05, 0.1) is 16.5 Å². The second-order valence-corrected chi connectivity index (χ2v) is 9.78. The van der Waals surface area contributed by atoms with E-state index in [1.165, 1.54) is 4.31 Å². The lowest BCUT2D eigenvalue weighted by Gasteiger charge is -2.25. The monoisotopic (exact) mass is 437 g/mol. The minimum absolute atomic E-state index is 0.117. The van der Waals surface area contributed by atoms with Crippen molar-refractivity contribution in [3.05, 3.63) is 65.7 Å². The SMILES string of the molecule is Cc1cccc2cc(CN(C[C@H]3CCCO3)S(=O)(=O)c3ccccc3)c3nnnn3c12. The number of sulfonamides is 1. The first-order chi connectivity index (χ1) is 15.0. The smallest absolute Gasteiger partial charge is 0.243 e. The van der Waals surface area contributed by atoms with E-state index in [4.69, 9.17) is 4.74 Å². The molecule has 1 atom stereocenters. The van der Waals surface area contributed by atoms with Crippen LogP contribution in [0, 0.1) is 6.92 Å². The molecule has 0 spiro atoms. The second kappa shape index (κ2) is 7.99. The summed E-state index contributed by atoms with van der Waals surface area (Å²) in [6, 6.07) is 16.5. The summed E-state index contributed by atoms with van der Waals surface area (Å²) in [5.41, 5.74) is 3.28. The van der Waals surface area contributed by atoms with Crippen LogP contribution >= 0.6 is 0 Å². The molecule has 1 aliphatic rings. The Kier molecular flexibility index (Phi) is 5.17. The number of ether oxygens (including phenoxy) is 1. The molecule has 0 aliphatic carbocycles. The number of hydrogen-bond acceptors (Lipinski definition) is 6. The molecule has 1 aliphatic heterocycles. The van der Waals surface area contributed by atoms with E-state index in [2.05, 4.69) is 15.5 Å². The predicted molar refractivity (Wildman–Crippen MR) is 116 cm³/mol. The number of rotatable bonds is 6. The van der Waals surface area contributed by atoms with E-state index in [-0.39, 0.29) is 24.1 Å². The maximum absolute atomic E-state index is 13.5. The molecular weight excluding hydrogens is 414 g/mol. The van der Waals surface area contributed by atoms with Crippen molar-refractivity contribution in [2.75, 3.05) is 13.2 Å². The number of tetrazole rings is 1. The summed E-state index contributed by atoms with van der Waals surface area (Å²) in [6.07, 6.45) is 1.67. The molecule has 5 rings (SSSR count). The molecule has 0 unspecified atom stereocenters. The van der Waals surface area contributed by atoms with Crippen molar-refractivity contribution in [2.24, 2.45) is 0 Å². The van der Waals surface area contributed by atoms with Crippen LogP contribution in [0.5, 0.6) is 0 Å². The van der Waals surface area contributed by atoms with Crippen molar-refractivity contribution in [1.29, 1.82) is 0 Å². The molecule has 2 aromatic carbocycles. The van der Waals surface area contributed by atoms with Crippen LogP contribution < -0.4 is 0 Å².